The van der Waals surface area contributed by atoms with Crippen molar-refractivity contribution in [1.29, 1.82) is 0 Å². The molecule has 0 aromatic carbocycles. The summed E-state index contributed by atoms with van der Waals surface area (Å²) in [5, 5.41) is 2.04. The average molecular weight is 171 g/mol. The van der Waals surface area contributed by atoms with E-state index in [-0.39, 0.29) is 17.9 Å². The summed E-state index contributed by atoms with van der Waals surface area (Å²) in [6.07, 6.45) is 0. The molecule has 5 heteroatoms. The Hall–Kier alpha value is -1.52. The first-order chi connectivity index (χ1) is 5.66. The van der Waals surface area contributed by atoms with Crippen LogP contribution in [-0.4, -0.2) is 17.7 Å². The summed E-state index contributed by atoms with van der Waals surface area (Å²) in [7, 11) is 0. The molecular weight excluding hydrogens is 162 g/mol. The maximum absolute atomic E-state index is 11.0. The van der Waals surface area contributed by atoms with Crippen LogP contribution in [-0.2, 0) is 4.74 Å². The van der Waals surface area contributed by atoms with E-state index >= 15 is 0 Å². The molecule has 12 heavy (non-hydrogen) atoms. The van der Waals surface area contributed by atoms with E-state index in [2.05, 4.69) is 9.26 Å². The maximum atomic E-state index is 11.0. The molecule has 66 valence electrons. The van der Waals surface area contributed by atoms with E-state index in [0.717, 1.165) is 0 Å². The fourth-order valence-electron chi connectivity index (χ4n) is 0.825. The molecule has 0 fully saturated rings. The summed E-state index contributed by atoms with van der Waals surface area (Å²) >= 11 is 0. The first-order valence-corrected chi connectivity index (χ1v) is 3.52. The van der Waals surface area contributed by atoms with Crippen LogP contribution in [0.5, 0.6) is 0 Å². The lowest BCUT2D eigenvalue weighted by molar-refractivity contribution is 0.0523. The molecule has 1 rings (SSSR count). The highest BCUT2D eigenvalue weighted by Crippen LogP contribution is 2.01. The second-order valence-electron chi connectivity index (χ2n) is 2.18. The summed E-state index contributed by atoms with van der Waals surface area (Å²) in [6.45, 7) is 3.43. The quantitative estimate of drug-likeness (QED) is 0.656. The molecule has 0 saturated carbocycles. The van der Waals surface area contributed by atoms with Gasteiger partial charge < -0.3 is 9.26 Å². The van der Waals surface area contributed by atoms with E-state index < -0.39 is 11.5 Å². The monoisotopic (exact) mass is 171 g/mol. The second-order valence-corrected chi connectivity index (χ2v) is 2.18. The number of ether oxygens (including phenoxy) is 1. The van der Waals surface area contributed by atoms with Gasteiger partial charge in [0.25, 0.3) is 5.56 Å². The van der Waals surface area contributed by atoms with Crippen LogP contribution < -0.4 is 5.56 Å². The van der Waals surface area contributed by atoms with Gasteiger partial charge in [-0.05, 0) is 13.8 Å². The van der Waals surface area contributed by atoms with E-state index in [1.54, 1.807) is 6.92 Å². The fourth-order valence-corrected chi connectivity index (χ4v) is 0.825. The summed E-state index contributed by atoms with van der Waals surface area (Å²) in [4.78, 5) is 22.0. The maximum Gasteiger partial charge on any atom is 0.347 e. The zero-order valence-corrected chi connectivity index (χ0v) is 6.84. The molecule has 1 aromatic rings. The Kier molecular flexibility index (Phi) is 2.32. The standard InChI is InChI=1S/C7H9NO4/c1-3-11-7(10)5-4(2)12-8-6(5)9/h3H2,1-2H3,(H,8,9). The summed E-state index contributed by atoms with van der Waals surface area (Å²) in [6, 6.07) is 0. The van der Waals surface area contributed by atoms with Crippen LogP contribution in [0.4, 0.5) is 0 Å². The van der Waals surface area contributed by atoms with E-state index in [0.29, 0.717) is 0 Å². The number of aromatic nitrogens is 1. The average Bonchev–Trinajstić information content (AvgIpc) is 2.32. The zero-order valence-electron chi connectivity index (χ0n) is 6.84. The molecule has 1 N–H and O–H groups in total. The number of hydrogen-bond acceptors (Lipinski definition) is 4. The van der Waals surface area contributed by atoms with Gasteiger partial charge in [-0.3, -0.25) is 4.79 Å². The Morgan fingerprint density at radius 3 is 2.75 bits per heavy atom. The van der Waals surface area contributed by atoms with E-state index in [9.17, 15) is 9.59 Å². The predicted octanol–water partition coefficient (Wildman–Crippen LogP) is 0.453. The highest BCUT2D eigenvalue weighted by Gasteiger charge is 2.17. The van der Waals surface area contributed by atoms with Gasteiger partial charge in [0.1, 0.15) is 5.76 Å². The Balaban J connectivity index is 3.01. The summed E-state index contributed by atoms with van der Waals surface area (Å²) < 4.78 is 9.25. The summed E-state index contributed by atoms with van der Waals surface area (Å²) in [5.41, 5.74) is -0.609. The number of carbonyl (C=O) groups excluding carboxylic acids is 1. The van der Waals surface area contributed by atoms with Gasteiger partial charge in [-0.2, -0.15) is 5.16 Å². The molecular formula is C7H9NO4. The zero-order chi connectivity index (χ0) is 9.14. The van der Waals surface area contributed by atoms with Crippen LogP contribution in [0, 0.1) is 6.92 Å². The Morgan fingerprint density at radius 1 is 1.67 bits per heavy atom. The van der Waals surface area contributed by atoms with Gasteiger partial charge in [-0.25, -0.2) is 4.79 Å². The molecule has 0 atom stereocenters. The second kappa shape index (κ2) is 3.25. The van der Waals surface area contributed by atoms with Gasteiger partial charge in [0, 0.05) is 0 Å². The molecule has 0 amide bonds. The van der Waals surface area contributed by atoms with E-state index in [1.165, 1.54) is 6.92 Å². The van der Waals surface area contributed by atoms with Crippen molar-refractivity contribution in [3.63, 3.8) is 0 Å². The minimum Gasteiger partial charge on any atom is -0.462 e. The molecule has 0 bridgehead atoms. The summed E-state index contributed by atoms with van der Waals surface area (Å²) in [5.74, 6) is -0.400. The molecule has 1 aromatic heterocycles. The number of aromatic amines is 1. The van der Waals surface area contributed by atoms with Crippen LogP contribution in [0.3, 0.4) is 0 Å². The normalized spacial score (nSPS) is 9.83. The van der Waals surface area contributed by atoms with Gasteiger partial charge in [0.15, 0.2) is 5.56 Å². The first-order valence-electron chi connectivity index (χ1n) is 3.52. The minimum absolute atomic E-state index is 0.0585. The van der Waals surface area contributed by atoms with E-state index in [4.69, 9.17) is 0 Å². The Labute approximate surface area is 68.3 Å². The molecule has 0 aliphatic heterocycles. The molecule has 0 aliphatic carbocycles. The number of H-pyrrole nitrogens is 1. The number of hydrogen-bond donors (Lipinski definition) is 1. The van der Waals surface area contributed by atoms with Crippen molar-refractivity contribution >= 4 is 5.97 Å². The van der Waals surface area contributed by atoms with Gasteiger partial charge in [0.2, 0.25) is 0 Å². The van der Waals surface area contributed by atoms with Gasteiger partial charge in [-0.1, -0.05) is 0 Å². The lowest BCUT2D eigenvalue weighted by Gasteiger charge is -1.96. The minimum atomic E-state index is -0.648. The smallest absolute Gasteiger partial charge is 0.347 e. The van der Waals surface area contributed by atoms with Crippen molar-refractivity contribution < 1.29 is 14.1 Å². The number of aryl methyl sites for hydroxylation is 1. The number of carbonyl (C=O) groups is 1. The van der Waals surface area contributed by atoms with Crippen molar-refractivity contribution in [3.05, 3.63) is 21.7 Å². The number of nitrogens with one attached hydrogen (secondary N) is 1. The van der Waals surface area contributed by atoms with Crippen LogP contribution in [0.15, 0.2) is 9.32 Å². The third-order valence-electron chi connectivity index (χ3n) is 1.36. The first kappa shape index (κ1) is 8.58. The third kappa shape index (κ3) is 1.39. The fraction of sp³-hybridized carbons (Fsp3) is 0.429. The van der Waals surface area contributed by atoms with Gasteiger partial charge >= 0.3 is 5.97 Å². The van der Waals surface area contributed by atoms with Crippen molar-refractivity contribution in [2.75, 3.05) is 6.61 Å². The van der Waals surface area contributed by atoms with Crippen LogP contribution in [0.1, 0.15) is 23.0 Å². The van der Waals surface area contributed by atoms with Gasteiger partial charge in [0.05, 0.1) is 6.61 Å². The van der Waals surface area contributed by atoms with Crippen LogP contribution in [0.2, 0.25) is 0 Å². The van der Waals surface area contributed by atoms with E-state index in [1.807, 2.05) is 5.16 Å². The van der Waals surface area contributed by atoms with Crippen molar-refractivity contribution in [3.8, 4) is 0 Å². The van der Waals surface area contributed by atoms with Crippen molar-refractivity contribution in [2.24, 2.45) is 0 Å². The lowest BCUT2D eigenvalue weighted by Crippen LogP contribution is -2.15. The Morgan fingerprint density at radius 2 is 2.33 bits per heavy atom. The number of esters is 1. The van der Waals surface area contributed by atoms with Crippen LogP contribution in [0.25, 0.3) is 0 Å². The third-order valence-corrected chi connectivity index (χ3v) is 1.36. The SMILES string of the molecule is CCOC(=O)c1c(C)o[nH]c1=O. The molecule has 0 unspecified atom stereocenters. The van der Waals surface area contributed by atoms with Gasteiger partial charge in [-0.15, -0.1) is 0 Å². The highest BCUT2D eigenvalue weighted by atomic mass is 16.5. The predicted molar refractivity (Wildman–Crippen MR) is 40.0 cm³/mol. The topological polar surface area (TPSA) is 72.3 Å². The number of rotatable bonds is 2. The highest BCUT2D eigenvalue weighted by molar-refractivity contribution is 5.89. The molecule has 0 saturated heterocycles. The Bertz CT molecular complexity index is 335. The van der Waals surface area contributed by atoms with Crippen molar-refractivity contribution in [1.82, 2.24) is 5.16 Å². The lowest BCUT2D eigenvalue weighted by atomic mass is 10.3. The molecule has 0 aliphatic rings. The largest absolute Gasteiger partial charge is 0.462 e. The van der Waals surface area contributed by atoms with Crippen LogP contribution >= 0.6 is 0 Å². The molecule has 5 nitrogen and oxygen atoms in total. The molecule has 0 radical (unpaired) electrons. The van der Waals surface area contributed by atoms with Crippen molar-refractivity contribution in [2.45, 2.75) is 13.8 Å². The molecule has 1 heterocycles. The molecule has 0 spiro atoms.